The third-order valence-corrected chi connectivity index (χ3v) is 3.55. The molecule has 1 heterocycles. The standard InChI is InChI=1S/C15H15ClFNO/c1-2-10-9-18-7-6-12(10)14(19)8-11-4-3-5-13(17)15(11)16/h3-7,9,14,19H,2,8H2,1H3. The third kappa shape index (κ3) is 3.11. The van der Waals surface area contributed by atoms with Gasteiger partial charge in [0.25, 0.3) is 0 Å². The van der Waals surface area contributed by atoms with E-state index in [1.165, 1.54) is 6.07 Å². The number of aliphatic hydroxyl groups is 1. The molecule has 0 aliphatic carbocycles. The van der Waals surface area contributed by atoms with Gasteiger partial charge in [-0.15, -0.1) is 0 Å². The van der Waals surface area contributed by atoms with E-state index in [-0.39, 0.29) is 11.4 Å². The van der Waals surface area contributed by atoms with Gasteiger partial charge in [0, 0.05) is 18.8 Å². The second-order valence-corrected chi connectivity index (χ2v) is 4.74. The van der Waals surface area contributed by atoms with Crippen LogP contribution in [-0.2, 0) is 12.8 Å². The molecule has 0 aliphatic heterocycles. The molecular weight excluding hydrogens is 265 g/mol. The highest BCUT2D eigenvalue weighted by atomic mass is 35.5. The van der Waals surface area contributed by atoms with Crippen LogP contribution in [0.1, 0.15) is 29.7 Å². The summed E-state index contributed by atoms with van der Waals surface area (Å²) in [5.41, 5.74) is 2.41. The SMILES string of the molecule is CCc1cnccc1C(O)Cc1cccc(F)c1Cl. The highest BCUT2D eigenvalue weighted by Gasteiger charge is 2.15. The van der Waals surface area contributed by atoms with Gasteiger partial charge in [0.1, 0.15) is 5.82 Å². The van der Waals surface area contributed by atoms with Crippen molar-refractivity contribution in [2.45, 2.75) is 25.9 Å². The number of aliphatic hydroxyl groups excluding tert-OH is 1. The molecule has 0 radical (unpaired) electrons. The van der Waals surface area contributed by atoms with Gasteiger partial charge in [-0.3, -0.25) is 4.98 Å². The molecule has 19 heavy (non-hydrogen) atoms. The van der Waals surface area contributed by atoms with Crippen LogP contribution in [0.3, 0.4) is 0 Å². The molecule has 0 fully saturated rings. The summed E-state index contributed by atoms with van der Waals surface area (Å²) in [4.78, 5) is 4.04. The predicted molar refractivity (Wildman–Crippen MR) is 73.7 cm³/mol. The van der Waals surface area contributed by atoms with Crippen LogP contribution in [-0.4, -0.2) is 10.1 Å². The number of nitrogens with zero attached hydrogens (tertiary/aromatic N) is 1. The Labute approximate surface area is 116 Å². The lowest BCUT2D eigenvalue weighted by Gasteiger charge is -2.15. The second-order valence-electron chi connectivity index (χ2n) is 4.36. The van der Waals surface area contributed by atoms with Crippen LogP contribution >= 0.6 is 11.6 Å². The molecule has 2 rings (SSSR count). The zero-order valence-corrected chi connectivity index (χ0v) is 11.4. The molecule has 1 unspecified atom stereocenters. The quantitative estimate of drug-likeness (QED) is 0.925. The molecule has 0 spiro atoms. The van der Waals surface area contributed by atoms with Crippen LogP contribution in [0.25, 0.3) is 0 Å². The number of hydrogen-bond acceptors (Lipinski definition) is 2. The first kappa shape index (κ1) is 14.0. The van der Waals surface area contributed by atoms with E-state index in [4.69, 9.17) is 11.6 Å². The van der Waals surface area contributed by atoms with Crippen LogP contribution < -0.4 is 0 Å². The van der Waals surface area contributed by atoms with Crippen molar-refractivity contribution in [3.05, 3.63) is 64.2 Å². The largest absolute Gasteiger partial charge is 0.388 e. The van der Waals surface area contributed by atoms with Crippen LogP contribution in [0.15, 0.2) is 36.7 Å². The van der Waals surface area contributed by atoms with Crippen molar-refractivity contribution < 1.29 is 9.50 Å². The van der Waals surface area contributed by atoms with E-state index in [0.717, 1.165) is 17.5 Å². The zero-order chi connectivity index (χ0) is 13.8. The van der Waals surface area contributed by atoms with E-state index < -0.39 is 11.9 Å². The molecule has 0 saturated carbocycles. The van der Waals surface area contributed by atoms with E-state index in [2.05, 4.69) is 4.98 Å². The molecular formula is C15H15ClFNO. The van der Waals surface area contributed by atoms with Crippen molar-refractivity contribution in [2.75, 3.05) is 0 Å². The lowest BCUT2D eigenvalue weighted by atomic mass is 9.97. The Morgan fingerprint density at radius 1 is 1.32 bits per heavy atom. The van der Waals surface area contributed by atoms with Gasteiger partial charge in [-0.25, -0.2) is 4.39 Å². The van der Waals surface area contributed by atoms with Gasteiger partial charge in [0.05, 0.1) is 11.1 Å². The summed E-state index contributed by atoms with van der Waals surface area (Å²) >= 11 is 5.90. The van der Waals surface area contributed by atoms with Gasteiger partial charge >= 0.3 is 0 Å². The van der Waals surface area contributed by atoms with Crippen molar-refractivity contribution in [3.8, 4) is 0 Å². The van der Waals surface area contributed by atoms with E-state index in [9.17, 15) is 9.50 Å². The molecule has 0 saturated heterocycles. The number of aryl methyl sites for hydroxylation is 1. The number of rotatable bonds is 4. The minimum absolute atomic E-state index is 0.0775. The number of pyridine rings is 1. The van der Waals surface area contributed by atoms with E-state index >= 15 is 0 Å². The smallest absolute Gasteiger partial charge is 0.142 e. The molecule has 100 valence electrons. The fourth-order valence-electron chi connectivity index (χ4n) is 2.08. The normalized spacial score (nSPS) is 12.4. The van der Waals surface area contributed by atoms with Crippen molar-refractivity contribution in [1.82, 2.24) is 4.98 Å². The van der Waals surface area contributed by atoms with Crippen LogP contribution in [0.4, 0.5) is 4.39 Å². The number of halogens is 2. The average molecular weight is 280 g/mol. The molecule has 0 bridgehead atoms. The fourth-order valence-corrected chi connectivity index (χ4v) is 2.29. The average Bonchev–Trinajstić information content (AvgIpc) is 2.43. The fraction of sp³-hybridized carbons (Fsp3) is 0.267. The summed E-state index contributed by atoms with van der Waals surface area (Å²) in [6.07, 6.45) is 3.75. The highest BCUT2D eigenvalue weighted by Crippen LogP contribution is 2.27. The van der Waals surface area contributed by atoms with Crippen LogP contribution in [0.2, 0.25) is 5.02 Å². The van der Waals surface area contributed by atoms with Crippen LogP contribution in [0, 0.1) is 5.82 Å². The minimum Gasteiger partial charge on any atom is -0.388 e. The first-order chi connectivity index (χ1) is 9.13. The molecule has 0 amide bonds. The summed E-state index contributed by atoms with van der Waals surface area (Å²) in [6, 6.07) is 6.41. The van der Waals surface area contributed by atoms with E-state index in [1.807, 2.05) is 6.92 Å². The Balaban J connectivity index is 2.26. The Morgan fingerprint density at radius 2 is 2.11 bits per heavy atom. The summed E-state index contributed by atoms with van der Waals surface area (Å²) in [7, 11) is 0. The van der Waals surface area contributed by atoms with Gasteiger partial charge < -0.3 is 5.11 Å². The van der Waals surface area contributed by atoms with Gasteiger partial charge in [-0.1, -0.05) is 30.7 Å². The monoisotopic (exact) mass is 279 g/mol. The summed E-state index contributed by atoms with van der Waals surface area (Å²) in [5.74, 6) is -0.461. The maximum absolute atomic E-state index is 13.4. The molecule has 0 aliphatic rings. The maximum atomic E-state index is 13.4. The predicted octanol–water partition coefficient (Wildman–Crippen LogP) is 3.71. The first-order valence-corrected chi connectivity index (χ1v) is 6.55. The summed E-state index contributed by atoms with van der Waals surface area (Å²) in [5, 5.41) is 10.4. The van der Waals surface area contributed by atoms with Gasteiger partial charge in [0.2, 0.25) is 0 Å². The maximum Gasteiger partial charge on any atom is 0.142 e. The Morgan fingerprint density at radius 3 is 2.84 bits per heavy atom. The third-order valence-electron chi connectivity index (χ3n) is 3.13. The topological polar surface area (TPSA) is 33.1 Å². The Kier molecular flexibility index (Phi) is 4.51. The summed E-state index contributed by atoms with van der Waals surface area (Å²) in [6.45, 7) is 2.00. The lowest BCUT2D eigenvalue weighted by Crippen LogP contribution is -2.06. The lowest BCUT2D eigenvalue weighted by molar-refractivity contribution is 0.177. The Hall–Kier alpha value is -1.45. The number of benzene rings is 1. The van der Waals surface area contributed by atoms with E-state index in [1.54, 1.807) is 30.6 Å². The van der Waals surface area contributed by atoms with Crippen molar-refractivity contribution in [2.24, 2.45) is 0 Å². The van der Waals surface area contributed by atoms with Gasteiger partial charge in [0.15, 0.2) is 0 Å². The second kappa shape index (κ2) is 6.13. The van der Waals surface area contributed by atoms with Crippen molar-refractivity contribution in [3.63, 3.8) is 0 Å². The molecule has 2 aromatic rings. The molecule has 1 N–H and O–H groups in total. The zero-order valence-electron chi connectivity index (χ0n) is 10.6. The highest BCUT2D eigenvalue weighted by molar-refractivity contribution is 6.31. The minimum atomic E-state index is -0.711. The molecule has 1 aromatic carbocycles. The summed E-state index contributed by atoms with van der Waals surface area (Å²) < 4.78 is 13.4. The van der Waals surface area contributed by atoms with Gasteiger partial charge in [-0.2, -0.15) is 0 Å². The van der Waals surface area contributed by atoms with E-state index in [0.29, 0.717) is 5.56 Å². The molecule has 1 atom stereocenters. The first-order valence-electron chi connectivity index (χ1n) is 6.17. The molecule has 4 heteroatoms. The number of hydrogen-bond donors (Lipinski definition) is 1. The van der Waals surface area contributed by atoms with Crippen molar-refractivity contribution in [1.29, 1.82) is 0 Å². The molecule has 2 nitrogen and oxygen atoms in total. The number of aromatic nitrogens is 1. The van der Waals surface area contributed by atoms with Crippen molar-refractivity contribution >= 4 is 11.6 Å². The van der Waals surface area contributed by atoms with Crippen LogP contribution in [0.5, 0.6) is 0 Å². The van der Waals surface area contributed by atoms with Gasteiger partial charge in [-0.05, 0) is 35.2 Å². The molecule has 1 aromatic heterocycles. The Bertz CT molecular complexity index is 574.